The first-order valence-electron chi connectivity index (χ1n) is 8.72. The number of oxazole rings is 1. The Bertz CT molecular complexity index is 759. The maximum absolute atomic E-state index is 9.76. The van der Waals surface area contributed by atoms with Crippen LogP contribution >= 0.6 is 0 Å². The van der Waals surface area contributed by atoms with Gasteiger partial charge in [-0.25, -0.2) is 4.98 Å². The van der Waals surface area contributed by atoms with Gasteiger partial charge >= 0.3 is 0 Å². The van der Waals surface area contributed by atoms with Crippen LogP contribution in [0.2, 0.25) is 0 Å². The van der Waals surface area contributed by atoms with Crippen molar-refractivity contribution in [2.45, 2.75) is 40.2 Å². The van der Waals surface area contributed by atoms with E-state index in [4.69, 9.17) is 4.42 Å². The van der Waals surface area contributed by atoms with Gasteiger partial charge in [-0.3, -0.25) is 0 Å². The van der Waals surface area contributed by atoms with Gasteiger partial charge in [0, 0.05) is 5.54 Å². The quantitative estimate of drug-likeness (QED) is 0.872. The van der Waals surface area contributed by atoms with Crippen molar-refractivity contribution in [2.24, 2.45) is 0 Å². The van der Waals surface area contributed by atoms with Crippen LogP contribution in [0.1, 0.15) is 34.6 Å². The highest BCUT2D eigenvalue weighted by atomic mass is 16.3. The van der Waals surface area contributed by atoms with E-state index < -0.39 is 0 Å². The van der Waals surface area contributed by atoms with E-state index >= 15 is 0 Å². The molecule has 142 valence electrons. The molecular formula is C22H32N2O2. The molecule has 1 aromatic heterocycles. The molecule has 2 N–H and O–H groups in total. The van der Waals surface area contributed by atoms with E-state index in [0.29, 0.717) is 27.8 Å². The Morgan fingerprint density at radius 1 is 1.08 bits per heavy atom. The van der Waals surface area contributed by atoms with Gasteiger partial charge in [0.15, 0.2) is 5.42 Å². The Labute approximate surface area is 157 Å². The fourth-order valence-electron chi connectivity index (χ4n) is 1.57. The predicted octanol–water partition coefficient (Wildman–Crippen LogP) is 4.01. The van der Waals surface area contributed by atoms with Gasteiger partial charge in [-0.05, 0) is 52.1 Å². The van der Waals surface area contributed by atoms with Crippen molar-refractivity contribution in [3.63, 3.8) is 0 Å². The monoisotopic (exact) mass is 356 g/mol. The van der Waals surface area contributed by atoms with Crippen LogP contribution in [-0.4, -0.2) is 22.7 Å². The van der Waals surface area contributed by atoms with Crippen LogP contribution in [0.15, 0.2) is 54.0 Å². The summed E-state index contributed by atoms with van der Waals surface area (Å²) in [4.78, 5) is 4.32. The molecule has 2 aromatic rings. The summed E-state index contributed by atoms with van der Waals surface area (Å²) < 4.78 is 5.60. The van der Waals surface area contributed by atoms with E-state index in [9.17, 15) is 5.11 Å². The third kappa shape index (κ3) is 7.99. The van der Waals surface area contributed by atoms with Gasteiger partial charge in [0.05, 0.1) is 5.56 Å². The lowest BCUT2D eigenvalue weighted by Crippen LogP contribution is -2.31. The number of aromatic hydroxyl groups is 1. The predicted molar refractivity (Wildman–Crippen MR) is 112 cm³/mol. The Balaban J connectivity index is 0.000000667. The Hall–Kier alpha value is -2.59. The molecule has 0 aliphatic heterocycles. The molecule has 1 aromatic carbocycles. The van der Waals surface area contributed by atoms with Crippen LogP contribution in [-0.2, 0) is 0 Å². The lowest BCUT2D eigenvalue weighted by atomic mass is 10.1. The molecule has 0 bridgehead atoms. The van der Waals surface area contributed by atoms with Crippen molar-refractivity contribution in [2.75, 3.05) is 7.05 Å². The maximum Gasteiger partial charge on any atom is 0.231 e. The van der Waals surface area contributed by atoms with Crippen molar-refractivity contribution in [1.29, 1.82) is 0 Å². The van der Waals surface area contributed by atoms with E-state index in [1.54, 1.807) is 42.5 Å². The number of allylic oxidation sites excluding steroid dienone is 2. The number of aromatic nitrogens is 1. The normalized spacial score (nSPS) is 11.8. The standard InChI is InChI=1S/C15H13NO2.C5H13N.C2H6/c1-3-7-12-14(8-4-2)18-15(16-12)11-9-5-6-10-13(11)17;1-5(2,3)6-4;1-2/h3-10,17H,1-2H2;6H,1-4H3;1-2H3/b12-7+,14-8+;;. The summed E-state index contributed by atoms with van der Waals surface area (Å²) in [6.45, 7) is 17.7. The van der Waals surface area contributed by atoms with E-state index in [2.05, 4.69) is 44.2 Å². The number of nitrogens with zero attached hydrogens (tertiary/aromatic N) is 1. The molecule has 0 saturated carbocycles. The molecule has 0 spiro atoms. The minimum atomic E-state index is 0.133. The van der Waals surface area contributed by atoms with Crippen LogP contribution in [0.25, 0.3) is 23.6 Å². The molecule has 0 fully saturated rings. The van der Waals surface area contributed by atoms with E-state index in [0.717, 1.165) is 0 Å². The van der Waals surface area contributed by atoms with Gasteiger partial charge in [0.1, 0.15) is 11.1 Å². The van der Waals surface area contributed by atoms with Crippen LogP contribution < -0.4 is 16.1 Å². The number of hydrogen-bond acceptors (Lipinski definition) is 4. The van der Waals surface area contributed by atoms with E-state index in [-0.39, 0.29) is 5.75 Å². The molecule has 0 unspecified atom stereocenters. The number of benzene rings is 1. The van der Waals surface area contributed by atoms with Gasteiger partial charge in [0.25, 0.3) is 0 Å². The first kappa shape index (κ1) is 23.4. The third-order valence-corrected chi connectivity index (χ3v) is 3.11. The first-order chi connectivity index (χ1) is 12.3. The van der Waals surface area contributed by atoms with Crippen molar-refractivity contribution in [3.8, 4) is 17.2 Å². The second-order valence-electron chi connectivity index (χ2n) is 6.09. The van der Waals surface area contributed by atoms with Gasteiger partial charge in [-0.15, -0.1) is 0 Å². The highest BCUT2D eigenvalue weighted by Gasteiger charge is 2.09. The molecule has 0 atom stereocenters. The summed E-state index contributed by atoms with van der Waals surface area (Å²) in [6.07, 6.45) is 6.70. The second-order valence-corrected chi connectivity index (χ2v) is 6.09. The third-order valence-electron chi connectivity index (χ3n) is 3.11. The molecule has 0 aliphatic rings. The highest BCUT2D eigenvalue weighted by Crippen LogP contribution is 2.25. The summed E-state index contributed by atoms with van der Waals surface area (Å²) in [7, 11) is 1.96. The molecule has 0 radical (unpaired) electrons. The first-order valence-corrected chi connectivity index (χ1v) is 8.72. The zero-order valence-corrected chi connectivity index (χ0v) is 16.8. The number of nitrogens with one attached hydrogen (secondary N) is 1. The fraction of sp³-hybridized carbons (Fsp3) is 0.318. The summed E-state index contributed by atoms with van der Waals surface area (Å²) >= 11 is 0. The zero-order valence-electron chi connectivity index (χ0n) is 16.8. The molecule has 2 rings (SSSR count). The number of para-hydroxylation sites is 1. The van der Waals surface area contributed by atoms with Crippen molar-refractivity contribution < 1.29 is 9.52 Å². The number of hydrogen-bond donors (Lipinski definition) is 2. The summed E-state index contributed by atoms with van der Waals surface area (Å²) in [5.74, 6) is 0.503. The second kappa shape index (κ2) is 11.9. The fourth-order valence-corrected chi connectivity index (χ4v) is 1.57. The van der Waals surface area contributed by atoms with E-state index in [1.165, 1.54) is 0 Å². The minimum absolute atomic E-state index is 0.133. The number of phenols is 1. The SMILES string of the molecule is C=C/C=c1/nc(-c2ccccc2O)o/c1=C/C=C.CC.CNC(C)(C)C. The zero-order chi connectivity index (χ0) is 20.2. The largest absolute Gasteiger partial charge is 0.507 e. The molecule has 0 saturated heterocycles. The average Bonchev–Trinajstić information content (AvgIpc) is 3.00. The number of phenolic OH excluding ortho intramolecular Hbond substituents is 1. The van der Waals surface area contributed by atoms with Crippen molar-refractivity contribution in [3.05, 3.63) is 60.3 Å². The molecule has 0 aliphatic carbocycles. The summed E-state index contributed by atoms with van der Waals surface area (Å²) in [5, 5.41) is 13.5. The van der Waals surface area contributed by atoms with Gasteiger partial charge < -0.3 is 14.8 Å². The highest BCUT2D eigenvalue weighted by molar-refractivity contribution is 5.62. The van der Waals surface area contributed by atoms with Gasteiger partial charge in [-0.2, -0.15) is 0 Å². The smallest absolute Gasteiger partial charge is 0.231 e. The summed E-state index contributed by atoms with van der Waals surface area (Å²) in [5.41, 5.74) is 1.43. The molecular weight excluding hydrogens is 324 g/mol. The maximum atomic E-state index is 9.76. The Kier molecular flexibility index (Phi) is 10.7. The molecule has 26 heavy (non-hydrogen) atoms. The van der Waals surface area contributed by atoms with Crippen LogP contribution in [0.4, 0.5) is 0 Å². The van der Waals surface area contributed by atoms with Crippen molar-refractivity contribution in [1.82, 2.24) is 10.3 Å². The average molecular weight is 357 g/mol. The Morgan fingerprint density at radius 2 is 1.62 bits per heavy atom. The van der Waals surface area contributed by atoms with Crippen LogP contribution in [0.3, 0.4) is 0 Å². The molecule has 1 heterocycles. The molecule has 4 nitrogen and oxygen atoms in total. The lowest BCUT2D eigenvalue weighted by molar-refractivity contribution is 0.469. The number of rotatable bonds is 3. The minimum Gasteiger partial charge on any atom is -0.507 e. The van der Waals surface area contributed by atoms with Gasteiger partial charge in [0.2, 0.25) is 5.89 Å². The summed E-state index contributed by atoms with van der Waals surface area (Å²) in [6, 6.07) is 6.90. The van der Waals surface area contributed by atoms with Crippen molar-refractivity contribution >= 4 is 12.2 Å². The van der Waals surface area contributed by atoms with E-state index in [1.807, 2.05) is 27.0 Å². The van der Waals surface area contributed by atoms with Crippen LogP contribution in [0, 0.1) is 0 Å². The van der Waals surface area contributed by atoms with Crippen LogP contribution in [0.5, 0.6) is 5.75 Å². The Morgan fingerprint density at radius 3 is 2.08 bits per heavy atom. The molecule has 4 heteroatoms. The topological polar surface area (TPSA) is 58.3 Å². The van der Waals surface area contributed by atoms with Gasteiger partial charge in [-0.1, -0.05) is 51.3 Å². The molecule has 0 amide bonds. The lowest BCUT2D eigenvalue weighted by Gasteiger charge is -2.15.